The zero-order valence-electron chi connectivity index (χ0n) is 17.1. The predicted octanol–water partition coefficient (Wildman–Crippen LogP) is 3.47. The highest BCUT2D eigenvalue weighted by Gasteiger charge is 2.46. The van der Waals surface area contributed by atoms with Crippen LogP contribution < -0.4 is 9.47 Å². The van der Waals surface area contributed by atoms with Gasteiger partial charge in [0.05, 0.1) is 23.9 Å². The highest BCUT2D eigenvalue weighted by atomic mass is 16.6. The van der Waals surface area contributed by atoms with Crippen molar-refractivity contribution in [3.8, 4) is 11.5 Å². The van der Waals surface area contributed by atoms with Gasteiger partial charge in [-0.3, -0.25) is 14.6 Å². The third-order valence-corrected chi connectivity index (χ3v) is 5.53. The van der Waals surface area contributed by atoms with Crippen LogP contribution in [0.4, 0.5) is 0 Å². The van der Waals surface area contributed by atoms with Gasteiger partial charge in [-0.15, -0.1) is 0 Å². The minimum atomic E-state index is -0.744. The Morgan fingerprint density at radius 1 is 0.969 bits per heavy atom. The summed E-state index contributed by atoms with van der Waals surface area (Å²) in [6.45, 7) is 0.990. The van der Waals surface area contributed by atoms with E-state index in [1.165, 1.54) is 4.90 Å². The molecule has 1 amide bonds. The molecule has 1 fully saturated rings. The van der Waals surface area contributed by atoms with Crippen molar-refractivity contribution >= 4 is 17.4 Å². The van der Waals surface area contributed by atoms with Crippen LogP contribution in [0.3, 0.4) is 0 Å². The molecule has 5 rings (SSSR count). The first kappa shape index (κ1) is 19.8. The molecule has 3 aromatic rings. The van der Waals surface area contributed by atoms with E-state index in [0.29, 0.717) is 36.0 Å². The van der Waals surface area contributed by atoms with Crippen LogP contribution in [0.1, 0.15) is 22.9 Å². The van der Waals surface area contributed by atoms with Crippen LogP contribution in [-0.2, 0) is 16.1 Å². The van der Waals surface area contributed by atoms with Crippen molar-refractivity contribution < 1.29 is 24.2 Å². The van der Waals surface area contributed by atoms with Gasteiger partial charge in [0.15, 0.2) is 11.5 Å². The number of ketones is 1. The Morgan fingerprint density at radius 2 is 1.72 bits per heavy atom. The maximum absolute atomic E-state index is 13.1. The van der Waals surface area contributed by atoms with E-state index in [-0.39, 0.29) is 17.9 Å². The number of pyridine rings is 1. The molecule has 2 aromatic carbocycles. The molecular formula is C25H20N2O5. The average molecular weight is 428 g/mol. The number of amides is 1. The number of benzene rings is 2. The number of carbonyl (C=O) groups excluding carboxylic acids is 2. The van der Waals surface area contributed by atoms with Gasteiger partial charge >= 0.3 is 0 Å². The van der Waals surface area contributed by atoms with Crippen LogP contribution >= 0.6 is 0 Å². The van der Waals surface area contributed by atoms with E-state index in [1.807, 2.05) is 36.4 Å². The zero-order valence-corrected chi connectivity index (χ0v) is 17.1. The number of likely N-dealkylation sites (tertiary alicyclic amines) is 1. The lowest BCUT2D eigenvalue weighted by Crippen LogP contribution is -2.29. The van der Waals surface area contributed by atoms with Gasteiger partial charge in [-0.05, 0) is 35.9 Å². The van der Waals surface area contributed by atoms with Crippen LogP contribution in [-0.4, -0.2) is 39.9 Å². The number of aromatic nitrogens is 1. The maximum Gasteiger partial charge on any atom is 0.296 e. The Bertz CT molecular complexity index is 1210. The molecule has 7 heteroatoms. The second-order valence-electron chi connectivity index (χ2n) is 7.52. The van der Waals surface area contributed by atoms with Crippen LogP contribution in [0.5, 0.6) is 11.5 Å². The fourth-order valence-electron chi connectivity index (χ4n) is 4.04. The van der Waals surface area contributed by atoms with E-state index >= 15 is 0 Å². The van der Waals surface area contributed by atoms with E-state index in [9.17, 15) is 14.7 Å². The molecule has 1 aromatic heterocycles. The lowest BCUT2D eigenvalue weighted by Gasteiger charge is -2.25. The Hall–Kier alpha value is -4.13. The summed E-state index contributed by atoms with van der Waals surface area (Å²) in [4.78, 5) is 31.9. The number of nitrogens with zero attached hydrogens (tertiary/aromatic N) is 2. The van der Waals surface area contributed by atoms with Crippen LogP contribution in [0, 0.1) is 0 Å². The molecule has 1 saturated heterocycles. The number of rotatable bonds is 4. The molecule has 2 aliphatic heterocycles. The summed E-state index contributed by atoms with van der Waals surface area (Å²) in [5, 5.41) is 11.2. The minimum absolute atomic E-state index is 0.0359. The summed E-state index contributed by atoms with van der Waals surface area (Å²) in [6, 6.07) is 18.8. The third-order valence-electron chi connectivity index (χ3n) is 5.53. The molecular weight excluding hydrogens is 408 g/mol. The normalized spacial score (nSPS) is 19.2. The largest absolute Gasteiger partial charge is 0.507 e. The van der Waals surface area contributed by atoms with Gasteiger partial charge in [0.2, 0.25) is 0 Å². The maximum atomic E-state index is 13.1. The summed E-state index contributed by atoms with van der Waals surface area (Å²) >= 11 is 0. The van der Waals surface area contributed by atoms with Gasteiger partial charge in [0, 0.05) is 11.8 Å². The average Bonchev–Trinajstić information content (AvgIpc) is 3.09. The van der Waals surface area contributed by atoms with Crippen molar-refractivity contribution in [2.75, 3.05) is 13.2 Å². The van der Waals surface area contributed by atoms with Gasteiger partial charge in [-0.1, -0.05) is 36.4 Å². The van der Waals surface area contributed by atoms with Gasteiger partial charge in [0.1, 0.15) is 19.0 Å². The first-order valence-corrected chi connectivity index (χ1v) is 10.3. The number of fused-ring (bicyclic) bond motifs is 1. The van der Waals surface area contributed by atoms with Crippen molar-refractivity contribution in [2.45, 2.75) is 12.6 Å². The smallest absolute Gasteiger partial charge is 0.296 e. The molecule has 0 saturated carbocycles. The molecule has 1 N–H and O–H groups in total. The molecule has 0 aliphatic carbocycles. The lowest BCUT2D eigenvalue weighted by molar-refractivity contribution is -0.140. The van der Waals surface area contributed by atoms with Gasteiger partial charge in [-0.25, -0.2) is 0 Å². The highest BCUT2D eigenvalue weighted by Crippen LogP contribution is 2.41. The minimum Gasteiger partial charge on any atom is -0.507 e. The van der Waals surface area contributed by atoms with E-state index in [0.717, 1.165) is 5.56 Å². The number of hydrogen-bond acceptors (Lipinski definition) is 6. The standard InChI is InChI=1S/C25H20N2O5/c28-23(17-9-10-19-20(14-17)32-13-12-31-19)21-22(16-6-2-1-3-7-16)27(25(30)24(21)29)15-18-8-4-5-11-26-18/h1-11,14,22,28H,12-13,15H2/b23-21-. The van der Waals surface area contributed by atoms with Gasteiger partial charge in [-0.2, -0.15) is 0 Å². The number of ether oxygens (including phenoxy) is 2. The topological polar surface area (TPSA) is 89.0 Å². The molecule has 1 atom stereocenters. The lowest BCUT2D eigenvalue weighted by atomic mass is 9.95. The molecule has 3 heterocycles. The van der Waals surface area contributed by atoms with Crippen LogP contribution in [0.2, 0.25) is 0 Å². The van der Waals surface area contributed by atoms with Gasteiger partial charge < -0.3 is 19.5 Å². The summed E-state index contributed by atoms with van der Waals surface area (Å²) < 4.78 is 11.1. The van der Waals surface area contributed by atoms with Crippen molar-refractivity contribution in [3.05, 3.63) is 95.3 Å². The Morgan fingerprint density at radius 3 is 2.47 bits per heavy atom. The summed E-state index contributed by atoms with van der Waals surface area (Å²) in [5.74, 6) is -0.606. The molecule has 2 aliphatic rings. The van der Waals surface area contributed by atoms with Crippen molar-refractivity contribution in [1.29, 1.82) is 0 Å². The number of Topliss-reactive ketones (excluding diaryl/α,β-unsaturated/α-hetero) is 1. The zero-order chi connectivity index (χ0) is 22.1. The molecule has 1 unspecified atom stereocenters. The second-order valence-corrected chi connectivity index (χ2v) is 7.52. The van der Waals surface area contributed by atoms with E-state index in [1.54, 1.807) is 36.5 Å². The van der Waals surface area contributed by atoms with Crippen LogP contribution in [0.15, 0.2) is 78.5 Å². The molecule has 32 heavy (non-hydrogen) atoms. The number of hydrogen-bond donors (Lipinski definition) is 1. The second kappa shape index (κ2) is 8.19. The van der Waals surface area contributed by atoms with Crippen molar-refractivity contribution in [2.24, 2.45) is 0 Å². The SMILES string of the molecule is O=C1C(=O)N(Cc2ccccn2)C(c2ccccc2)/C1=C(/O)c1ccc2c(c1)OCCO2. The number of aliphatic hydroxyl groups is 1. The molecule has 0 radical (unpaired) electrons. The van der Waals surface area contributed by atoms with E-state index in [2.05, 4.69) is 4.98 Å². The predicted molar refractivity (Wildman–Crippen MR) is 116 cm³/mol. The number of carbonyl (C=O) groups is 2. The molecule has 0 spiro atoms. The molecule has 7 nitrogen and oxygen atoms in total. The summed E-state index contributed by atoms with van der Waals surface area (Å²) in [7, 11) is 0. The first-order valence-electron chi connectivity index (χ1n) is 10.3. The third kappa shape index (κ3) is 3.47. The van der Waals surface area contributed by atoms with Crippen LogP contribution in [0.25, 0.3) is 5.76 Å². The quantitative estimate of drug-likeness (QED) is 0.389. The van der Waals surface area contributed by atoms with Crippen molar-refractivity contribution in [1.82, 2.24) is 9.88 Å². The Kier molecular flexibility index (Phi) is 5.07. The van der Waals surface area contributed by atoms with Gasteiger partial charge in [0.25, 0.3) is 11.7 Å². The molecule has 0 bridgehead atoms. The monoisotopic (exact) mass is 428 g/mol. The molecule has 160 valence electrons. The van der Waals surface area contributed by atoms with E-state index < -0.39 is 17.7 Å². The fourth-order valence-corrected chi connectivity index (χ4v) is 4.04. The van der Waals surface area contributed by atoms with E-state index in [4.69, 9.17) is 9.47 Å². The summed E-state index contributed by atoms with van der Waals surface area (Å²) in [6.07, 6.45) is 1.64. The Balaban J connectivity index is 1.62. The summed E-state index contributed by atoms with van der Waals surface area (Å²) in [5.41, 5.74) is 1.79. The highest BCUT2D eigenvalue weighted by molar-refractivity contribution is 6.46. The fraction of sp³-hybridized carbons (Fsp3) is 0.160. The number of aliphatic hydroxyl groups excluding tert-OH is 1. The van der Waals surface area contributed by atoms with Crippen molar-refractivity contribution in [3.63, 3.8) is 0 Å². The Labute approximate surface area is 184 Å². The first-order chi connectivity index (χ1) is 15.6.